The van der Waals surface area contributed by atoms with E-state index in [4.69, 9.17) is 4.74 Å². The zero-order chi connectivity index (χ0) is 13.8. The molecule has 5 heteroatoms. The lowest BCUT2D eigenvalue weighted by molar-refractivity contribution is 0.0826. The van der Waals surface area contributed by atoms with E-state index in [0.29, 0.717) is 24.1 Å². The maximum Gasteiger partial charge on any atom is 0.252 e. The number of hydrogen-bond acceptors (Lipinski definition) is 2. The summed E-state index contributed by atoms with van der Waals surface area (Å²) in [7, 11) is 0. The summed E-state index contributed by atoms with van der Waals surface area (Å²) in [6.45, 7) is 3.63. The molecule has 1 aliphatic rings. The van der Waals surface area contributed by atoms with Gasteiger partial charge in [0, 0.05) is 27.1 Å². The van der Waals surface area contributed by atoms with Gasteiger partial charge in [0.15, 0.2) is 0 Å². The van der Waals surface area contributed by atoms with Crippen LogP contribution >= 0.6 is 38.5 Å². The minimum absolute atomic E-state index is 0.0212. The number of ether oxygens (including phenoxy) is 1. The van der Waals surface area contributed by atoms with Crippen LogP contribution in [0.3, 0.4) is 0 Å². The topological polar surface area (TPSA) is 38.3 Å². The van der Waals surface area contributed by atoms with Crippen molar-refractivity contribution in [2.75, 3.05) is 13.2 Å². The smallest absolute Gasteiger partial charge is 0.252 e. The quantitative estimate of drug-likeness (QED) is 0.731. The summed E-state index contributed by atoms with van der Waals surface area (Å²) in [5.74, 6) is 0.419. The second kappa shape index (κ2) is 7.04. The molecule has 0 saturated carbocycles. The molecule has 0 aromatic heterocycles. The summed E-state index contributed by atoms with van der Waals surface area (Å²) in [6, 6.07) is 5.77. The number of amides is 1. The molecule has 1 aliphatic heterocycles. The van der Waals surface area contributed by atoms with Crippen LogP contribution in [0, 0.1) is 9.49 Å². The zero-order valence-corrected chi connectivity index (χ0v) is 14.5. The normalized spacial score (nSPS) is 22.5. The Kier molecular flexibility index (Phi) is 5.65. The molecule has 2 rings (SSSR count). The Balaban J connectivity index is 1.96. The largest absolute Gasteiger partial charge is 0.378 e. The average molecular weight is 438 g/mol. The van der Waals surface area contributed by atoms with Crippen molar-refractivity contribution >= 4 is 44.4 Å². The van der Waals surface area contributed by atoms with E-state index in [1.807, 2.05) is 18.2 Å². The van der Waals surface area contributed by atoms with Crippen LogP contribution < -0.4 is 5.32 Å². The van der Waals surface area contributed by atoms with Crippen LogP contribution in [-0.4, -0.2) is 25.2 Å². The maximum absolute atomic E-state index is 12.2. The molecule has 0 spiro atoms. The van der Waals surface area contributed by atoms with Crippen molar-refractivity contribution in [2.45, 2.75) is 25.9 Å². The minimum Gasteiger partial charge on any atom is -0.378 e. The molecule has 1 fully saturated rings. The van der Waals surface area contributed by atoms with Gasteiger partial charge >= 0.3 is 0 Å². The molecule has 0 aliphatic carbocycles. The van der Waals surface area contributed by atoms with Crippen LogP contribution in [0.2, 0.25) is 0 Å². The van der Waals surface area contributed by atoms with Crippen LogP contribution in [0.1, 0.15) is 30.1 Å². The highest BCUT2D eigenvalue weighted by atomic mass is 127. The van der Waals surface area contributed by atoms with Gasteiger partial charge in [-0.25, -0.2) is 0 Å². The van der Waals surface area contributed by atoms with E-state index in [1.54, 1.807) is 0 Å². The molecule has 0 bridgehead atoms. The van der Waals surface area contributed by atoms with Crippen molar-refractivity contribution in [2.24, 2.45) is 5.92 Å². The SMILES string of the molecule is CCC1OCCC1CNC(=O)c1cc(I)ccc1Br. The van der Waals surface area contributed by atoms with E-state index < -0.39 is 0 Å². The summed E-state index contributed by atoms with van der Waals surface area (Å²) in [5, 5.41) is 3.02. The molecule has 1 N–H and O–H groups in total. The summed E-state index contributed by atoms with van der Waals surface area (Å²) < 4.78 is 7.52. The number of hydrogen-bond donors (Lipinski definition) is 1. The van der Waals surface area contributed by atoms with Crippen molar-refractivity contribution in [1.82, 2.24) is 5.32 Å². The summed E-state index contributed by atoms with van der Waals surface area (Å²) in [5.41, 5.74) is 0.693. The molecule has 1 aromatic rings. The third-order valence-electron chi connectivity index (χ3n) is 3.45. The molecule has 1 heterocycles. The molecule has 104 valence electrons. The Bertz CT molecular complexity index is 467. The lowest BCUT2D eigenvalue weighted by atomic mass is 9.99. The lowest BCUT2D eigenvalue weighted by Gasteiger charge is -2.17. The number of carbonyl (C=O) groups is 1. The fourth-order valence-corrected chi connectivity index (χ4v) is 3.29. The van der Waals surface area contributed by atoms with E-state index in [2.05, 4.69) is 50.8 Å². The highest BCUT2D eigenvalue weighted by molar-refractivity contribution is 14.1. The third-order valence-corrected chi connectivity index (χ3v) is 4.81. The van der Waals surface area contributed by atoms with Crippen LogP contribution in [0.4, 0.5) is 0 Å². The van der Waals surface area contributed by atoms with E-state index >= 15 is 0 Å². The first-order chi connectivity index (χ1) is 9.11. The molecule has 2 atom stereocenters. The molecule has 1 amide bonds. The highest BCUT2D eigenvalue weighted by Crippen LogP contribution is 2.23. The fourth-order valence-electron chi connectivity index (χ4n) is 2.37. The van der Waals surface area contributed by atoms with Gasteiger partial charge < -0.3 is 10.1 Å². The molecular weight excluding hydrogens is 421 g/mol. The number of carbonyl (C=O) groups excluding carboxylic acids is 1. The monoisotopic (exact) mass is 437 g/mol. The second-order valence-corrected chi connectivity index (χ2v) is 6.80. The molecule has 2 unspecified atom stereocenters. The van der Waals surface area contributed by atoms with Gasteiger partial charge in [-0.2, -0.15) is 0 Å². The molecule has 0 radical (unpaired) electrons. The molecule has 19 heavy (non-hydrogen) atoms. The van der Waals surface area contributed by atoms with Crippen molar-refractivity contribution in [3.8, 4) is 0 Å². The highest BCUT2D eigenvalue weighted by Gasteiger charge is 2.27. The summed E-state index contributed by atoms with van der Waals surface area (Å²) in [6.07, 6.45) is 2.33. The van der Waals surface area contributed by atoms with Gasteiger partial charge in [0.25, 0.3) is 5.91 Å². The lowest BCUT2D eigenvalue weighted by Crippen LogP contribution is -2.32. The van der Waals surface area contributed by atoms with E-state index in [0.717, 1.165) is 27.5 Å². The van der Waals surface area contributed by atoms with Crippen molar-refractivity contribution in [3.05, 3.63) is 31.8 Å². The Labute approximate surface area is 135 Å². The zero-order valence-electron chi connectivity index (χ0n) is 10.8. The molecule has 1 aromatic carbocycles. The first-order valence-corrected chi connectivity index (χ1v) is 8.33. The standard InChI is InChI=1S/C14H17BrINO2/c1-2-13-9(5-6-19-13)8-17-14(18)11-7-10(16)3-4-12(11)15/h3-4,7,9,13H,2,5-6,8H2,1H3,(H,17,18). The van der Waals surface area contributed by atoms with Crippen molar-refractivity contribution in [1.29, 1.82) is 0 Å². The predicted octanol–water partition coefficient (Wildman–Crippen LogP) is 3.60. The molecule has 3 nitrogen and oxygen atoms in total. The number of benzene rings is 1. The van der Waals surface area contributed by atoms with Crippen molar-refractivity contribution in [3.63, 3.8) is 0 Å². The van der Waals surface area contributed by atoms with Crippen LogP contribution in [-0.2, 0) is 4.74 Å². The second-order valence-electron chi connectivity index (χ2n) is 4.70. The minimum atomic E-state index is -0.0212. The van der Waals surface area contributed by atoms with Crippen LogP contribution in [0.5, 0.6) is 0 Å². The van der Waals surface area contributed by atoms with Gasteiger partial charge in [0.2, 0.25) is 0 Å². The van der Waals surface area contributed by atoms with Gasteiger partial charge in [-0.15, -0.1) is 0 Å². The molecule has 1 saturated heterocycles. The van der Waals surface area contributed by atoms with E-state index in [-0.39, 0.29) is 5.91 Å². The summed E-state index contributed by atoms with van der Waals surface area (Å²) in [4.78, 5) is 12.2. The Morgan fingerprint density at radius 3 is 3.11 bits per heavy atom. The first-order valence-electron chi connectivity index (χ1n) is 6.46. The van der Waals surface area contributed by atoms with Gasteiger partial charge in [0.1, 0.15) is 0 Å². The fraction of sp³-hybridized carbons (Fsp3) is 0.500. The van der Waals surface area contributed by atoms with E-state index in [9.17, 15) is 4.79 Å². The maximum atomic E-state index is 12.2. The summed E-state index contributed by atoms with van der Waals surface area (Å²) >= 11 is 5.63. The number of nitrogens with one attached hydrogen (secondary N) is 1. The first kappa shape index (κ1) is 15.3. The Morgan fingerprint density at radius 2 is 2.37 bits per heavy atom. The van der Waals surface area contributed by atoms with Crippen LogP contribution in [0.15, 0.2) is 22.7 Å². The van der Waals surface area contributed by atoms with Crippen molar-refractivity contribution < 1.29 is 9.53 Å². The van der Waals surface area contributed by atoms with Gasteiger partial charge in [-0.1, -0.05) is 6.92 Å². The van der Waals surface area contributed by atoms with E-state index in [1.165, 1.54) is 0 Å². The van der Waals surface area contributed by atoms with Gasteiger partial charge in [0.05, 0.1) is 11.7 Å². The Morgan fingerprint density at radius 1 is 1.58 bits per heavy atom. The Hall–Kier alpha value is -0.140. The predicted molar refractivity (Wildman–Crippen MR) is 87.3 cm³/mol. The third kappa shape index (κ3) is 3.92. The number of halogens is 2. The van der Waals surface area contributed by atoms with Crippen LogP contribution in [0.25, 0.3) is 0 Å². The molecular formula is C14H17BrINO2. The average Bonchev–Trinajstić information content (AvgIpc) is 2.86. The van der Waals surface area contributed by atoms with Gasteiger partial charge in [-0.05, 0) is 69.6 Å². The number of rotatable bonds is 4. The van der Waals surface area contributed by atoms with Gasteiger partial charge in [-0.3, -0.25) is 4.79 Å².